The van der Waals surface area contributed by atoms with E-state index in [-0.39, 0.29) is 73.7 Å². The summed E-state index contributed by atoms with van der Waals surface area (Å²) in [5, 5.41) is 29.9. The highest BCUT2D eigenvalue weighted by Crippen LogP contribution is 2.30. The fraction of sp³-hybridized carbons (Fsp3) is 0.765. The third kappa shape index (κ3) is 19.6. The number of nitrogens with one attached hydrogen (secondary N) is 5. The Hall–Kier alpha value is -5.09. The molecule has 1 aliphatic heterocycles. The topological polar surface area (TPSA) is 312 Å². The van der Waals surface area contributed by atoms with E-state index in [1.807, 2.05) is 58.5 Å². The number of nitrogens with two attached hydrogens (primary N) is 2. The van der Waals surface area contributed by atoms with E-state index in [0.29, 0.717) is 31.5 Å². The fourth-order valence-corrected chi connectivity index (χ4v) is 9.81. The summed E-state index contributed by atoms with van der Waals surface area (Å²) in [6, 6.07) is 1.93. The van der Waals surface area contributed by atoms with Gasteiger partial charge in [-0.1, -0.05) is 86.0 Å². The Balaban J connectivity index is 2.25. The van der Waals surface area contributed by atoms with Gasteiger partial charge in [-0.2, -0.15) is 0 Å². The predicted octanol–water partition coefficient (Wildman–Crippen LogP) is 3.32. The zero-order valence-corrected chi connectivity index (χ0v) is 46.1. The van der Waals surface area contributed by atoms with Gasteiger partial charge in [0.1, 0.15) is 12.3 Å². The van der Waals surface area contributed by atoms with Crippen LogP contribution in [0, 0.1) is 29.6 Å². The maximum atomic E-state index is 14.5. The molecule has 0 aromatic heterocycles. The van der Waals surface area contributed by atoms with Crippen molar-refractivity contribution in [2.45, 2.75) is 168 Å². The number of benzene rings is 1. The number of carbonyl (C=O) groups is 6. The molecule has 0 bridgehead atoms. The SMILES string of the molecule is CC[C@H](C)[C@@H]([C@@H](CC(=O)N1CCCC1[C@H](OC)[C@@H](C)C(=O)NC(CN=[N+]=[N-])Cc1ccc(NC(=O)[C@H](CCCNC(N)=O)NC(=O)[C@@H](N)C(C)C)cc1)OC)N(C)C(O)[C@@H](NC(=O)[C@H](C(C)C)N(C)C)C(C)C. The highest BCUT2D eigenvalue weighted by Gasteiger charge is 2.43. The first-order valence-electron chi connectivity index (χ1n) is 25.9. The summed E-state index contributed by atoms with van der Waals surface area (Å²) in [5.41, 5.74) is 21.6. The van der Waals surface area contributed by atoms with E-state index in [4.69, 9.17) is 20.9 Å². The van der Waals surface area contributed by atoms with Crippen LogP contribution in [0.1, 0.15) is 106 Å². The Morgan fingerprint density at radius 2 is 1.53 bits per heavy atom. The van der Waals surface area contributed by atoms with E-state index < -0.39 is 84.5 Å². The fourth-order valence-electron chi connectivity index (χ4n) is 9.81. The number of nitrogens with zero attached hydrogens (tertiary/aromatic N) is 6. The highest BCUT2D eigenvalue weighted by atomic mass is 16.5. The number of anilines is 1. The number of likely N-dealkylation sites (N-methyl/N-ethyl adjacent to an activating group) is 2. The van der Waals surface area contributed by atoms with Crippen LogP contribution in [-0.4, -0.2) is 171 Å². The number of amides is 7. The van der Waals surface area contributed by atoms with Crippen LogP contribution in [-0.2, 0) is 39.9 Å². The second-order valence-electron chi connectivity index (χ2n) is 20.9. The largest absolute Gasteiger partial charge is 0.379 e. The first-order chi connectivity index (χ1) is 34.3. The molecule has 2 rings (SSSR count). The number of ether oxygens (including phenoxy) is 2. The van der Waals surface area contributed by atoms with Crippen LogP contribution in [0.25, 0.3) is 10.4 Å². The summed E-state index contributed by atoms with van der Waals surface area (Å²) in [4.78, 5) is 87.9. The summed E-state index contributed by atoms with van der Waals surface area (Å²) < 4.78 is 12.1. The summed E-state index contributed by atoms with van der Waals surface area (Å²) in [6.45, 7) is 17.9. The minimum absolute atomic E-state index is 0.00180. The van der Waals surface area contributed by atoms with Crippen LogP contribution in [0.15, 0.2) is 29.4 Å². The molecule has 0 spiro atoms. The van der Waals surface area contributed by atoms with Crippen LogP contribution >= 0.6 is 0 Å². The van der Waals surface area contributed by atoms with Crippen LogP contribution in [0.5, 0.6) is 0 Å². The Labute approximate surface area is 434 Å². The molecule has 0 aliphatic carbocycles. The van der Waals surface area contributed by atoms with Crippen molar-refractivity contribution >= 4 is 41.3 Å². The second kappa shape index (κ2) is 31.6. The maximum absolute atomic E-state index is 14.5. The molecule has 3 unspecified atom stereocenters. The molecule has 7 amide bonds. The average molecular weight is 1030 g/mol. The molecule has 22 heteroatoms. The molecular formula is C51H91N13O9. The van der Waals surface area contributed by atoms with Crippen molar-refractivity contribution in [1.29, 1.82) is 0 Å². The molecule has 10 N–H and O–H groups in total. The van der Waals surface area contributed by atoms with Gasteiger partial charge in [0.25, 0.3) is 0 Å². The lowest BCUT2D eigenvalue weighted by molar-refractivity contribution is -0.146. The van der Waals surface area contributed by atoms with E-state index in [1.54, 1.807) is 64.1 Å². The van der Waals surface area contributed by atoms with Gasteiger partial charge in [-0.25, -0.2) is 4.79 Å². The van der Waals surface area contributed by atoms with Crippen molar-refractivity contribution < 1.29 is 43.3 Å². The number of carbonyl (C=O) groups excluding carboxylic acids is 6. The Morgan fingerprint density at radius 1 is 0.890 bits per heavy atom. The minimum Gasteiger partial charge on any atom is -0.379 e. The third-order valence-electron chi connectivity index (χ3n) is 14.2. The molecule has 1 aromatic rings. The van der Waals surface area contributed by atoms with Gasteiger partial charge in [0.2, 0.25) is 29.5 Å². The van der Waals surface area contributed by atoms with Crippen LogP contribution in [0.2, 0.25) is 0 Å². The smallest absolute Gasteiger partial charge is 0.312 e. The molecule has 414 valence electrons. The van der Waals surface area contributed by atoms with Gasteiger partial charge in [-0.05, 0) is 100 Å². The molecule has 1 saturated heterocycles. The summed E-state index contributed by atoms with van der Waals surface area (Å²) >= 11 is 0. The Bertz CT molecular complexity index is 1940. The number of primary amides is 1. The predicted molar refractivity (Wildman–Crippen MR) is 282 cm³/mol. The lowest BCUT2D eigenvalue weighted by atomic mass is 9.89. The Kier molecular flexibility index (Phi) is 27.7. The van der Waals surface area contributed by atoms with Crippen molar-refractivity contribution in [3.8, 4) is 0 Å². The highest BCUT2D eigenvalue weighted by molar-refractivity contribution is 5.98. The summed E-state index contributed by atoms with van der Waals surface area (Å²) in [6.07, 6.45) is 0.450. The van der Waals surface area contributed by atoms with E-state index in [1.165, 1.54) is 7.11 Å². The quantitative estimate of drug-likeness (QED) is 0.0170. The van der Waals surface area contributed by atoms with Gasteiger partial charge in [0.15, 0.2) is 0 Å². The van der Waals surface area contributed by atoms with Crippen molar-refractivity contribution in [2.75, 3.05) is 60.3 Å². The first kappa shape index (κ1) is 64.0. The maximum Gasteiger partial charge on any atom is 0.312 e. The lowest BCUT2D eigenvalue weighted by Crippen LogP contribution is -2.61. The number of aliphatic hydroxyl groups is 1. The van der Waals surface area contributed by atoms with Gasteiger partial charge in [-0.3, -0.25) is 33.8 Å². The number of rotatable bonds is 32. The van der Waals surface area contributed by atoms with Gasteiger partial charge in [0, 0.05) is 56.5 Å². The number of hydrogen-bond donors (Lipinski definition) is 8. The third-order valence-corrected chi connectivity index (χ3v) is 14.2. The van der Waals surface area contributed by atoms with E-state index in [2.05, 4.69) is 43.5 Å². The molecule has 12 atom stereocenters. The molecule has 0 radical (unpaired) electrons. The zero-order chi connectivity index (χ0) is 55.3. The Morgan fingerprint density at radius 3 is 2.05 bits per heavy atom. The monoisotopic (exact) mass is 1030 g/mol. The van der Waals surface area contributed by atoms with Crippen molar-refractivity contribution in [3.05, 3.63) is 40.3 Å². The van der Waals surface area contributed by atoms with E-state index in [9.17, 15) is 39.4 Å². The van der Waals surface area contributed by atoms with Crippen LogP contribution in [0.4, 0.5) is 10.5 Å². The van der Waals surface area contributed by atoms with Gasteiger partial charge < -0.3 is 57.5 Å². The van der Waals surface area contributed by atoms with Crippen LogP contribution in [0.3, 0.4) is 0 Å². The molecule has 1 fully saturated rings. The van der Waals surface area contributed by atoms with E-state index in [0.717, 1.165) is 12.0 Å². The number of urea groups is 1. The molecule has 73 heavy (non-hydrogen) atoms. The molecule has 0 saturated carbocycles. The molecular weight excluding hydrogens is 939 g/mol. The minimum atomic E-state index is -1.09. The number of azide groups is 1. The van der Waals surface area contributed by atoms with Gasteiger partial charge in [0.05, 0.1) is 48.7 Å². The number of methoxy groups -OCH3 is 2. The normalized spacial score (nSPS) is 18.4. The number of aliphatic hydroxyl groups excluding tert-OH is 1. The van der Waals surface area contributed by atoms with E-state index >= 15 is 0 Å². The molecule has 1 aromatic carbocycles. The number of likely N-dealkylation sites (tertiary alicyclic amines) is 1. The van der Waals surface area contributed by atoms with Gasteiger partial charge in [-0.15, -0.1) is 0 Å². The first-order valence-corrected chi connectivity index (χ1v) is 25.9. The van der Waals surface area contributed by atoms with Crippen molar-refractivity contribution in [1.82, 2.24) is 36.0 Å². The summed E-state index contributed by atoms with van der Waals surface area (Å²) in [7, 11) is 8.61. The van der Waals surface area contributed by atoms with Crippen molar-refractivity contribution in [2.24, 2.45) is 46.2 Å². The van der Waals surface area contributed by atoms with Gasteiger partial charge >= 0.3 is 6.03 Å². The molecule has 1 heterocycles. The average Bonchev–Trinajstić information content (AvgIpc) is 3.82. The molecule has 1 aliphatic rings. The lowest BCUT2D eigenvalue weighted by Gasteiger charge is -2.44. The van der Waals surface area contributed by atoms with Crippen LogP contribution < -0.4 is 38.1 Å². The standard InChI is InChI=1S/C51H91N13O9/c1-15-32(8)44(63(12)50(70)42(30(4)5)60-49(69)43(31(6)7)62(10)11)39(72-13)27-40(65)64-25-17-19-38(64)45(73-14)33(9)46(66)58-36(28-56-61-54)26-34-20-22-35(23-21-34)57-47(67)37(18-16-24-55-51(53)71)59-48(68)41(52)29(2)3/h20-23,29-33,36-39,41-45,50,70H,15-19,24-28,52H2,1-14H3,(H,57,67)(H,58,66)(H,59,68)(H,60,69)(H3,53,55,71)/t32-,33+,36?,37-,38?,39+,41-,42-,43-,44-,45+,50?/m0/s1. The number of hydrogen-bond acceptors (Lipinski definition) is 13. The summed E-state index contributed by atoms with van der Waals surface area (Å²) in [5.74, 6) is -2.66. The zero-order valence-electron chi connectivity index (χ0n) is 46.1. The molecule has 22 nitrogen and oxygen atoms in total. The second-order valence-corrected chi connectivity index (χ2v) is 20.9. The van der Waals surface area contributed by atoms with Crippen molar-refractivity contribution in [3.63, 3.8) is 0 Å².